The molecule has 1 heterocycles. The standard InChI is InChI=1S/C8H9N3O4S/c1-5-9-7-4-6(11(12)13)2-3-8(7)16(14,15)10-5/h2-5,9-10H,1H3. The Balaban J connectivity index is 2.60. The third kappa shape index (κ3) is 1.72. The lowest BCUT2D eigenvalue weighted by Gasteiger charge is -2.24. The largest absolute Gasteiger partial charge is 0.368 e. The van der Waals surface area contributed by atoms with E-state index in [4.69, 9.17) is 0 Å². The molecule has 86 valence electrons. The summed E-state index contributed by atoms with van der Waals surface area (Å²) in [6.45, 7) is 1.61. The van der Waals surface area contributed by atoms with Crippen LogP contribution in [0.2, 0.25) is 0 Å². The minimum atomic E-state index is -3.57. The number of hydrogen-bond donors (Lipinski definition) is 2. The van der Waals surface area contributed by atoms with Crippen molar-refractivity contribution < 1.29 is 13.3 Å². The van der Waals surface area contributed by atoms with Gasteiger partial charge in [0.05, 0.1) is 16.8 Å². The highest BCUT2D eigenvalue weighted by Crippen LogP contribution is 2.29. The predicted molar refractivity (Wildman–Crippen MR) is 56.5 cm³/mol. The topological polar surface area (TPSA) is 101 Å². The molecule has 1 aliphatic rings. The van der Waals surface area contributed by atoms with Crippen molar-refractivity contribution in [2.45, 2.75) is 18.0 Å². The van der Waals surface area contributed by atoms with Gasteiger partial charge in [0.2, 0.25) is 10.0 Å². The van der Waals surface area contributed by atoms with E-state index < -0.39 is 21.1 Å². The van der Waals surface area contributed by atoms with Crippen LogP contribution in [0.3, 0.4) is 0 Å². The van der Waals surface area contributed by atoms with Crippen molar-refractivity contribution in [1.82, 2.24) is 4.72 Å². The van der Waals surface area contributed by atoms with Gasteiger partial charge in [0.25, 0.3) is 5.69 Å². The van der Waals surface area contributed by atoms with Crippen LogP contribution in [0.25, 0.3) is 0 Å². The number of rotatable bonds is 1. The summed E-state index contributed by atoms with van der Waals surface area (Å²) in [5, 5.41) is 13.4. The van der Waals surface area contributed by atoms with E-state index in [1.165, 1.54) is 12.1 Å². The lowest BCUT2D eigenvalue weighted by Crippen LogP contribution is -2.42. The molecule has 0 aliphatic carbocycles. The lowest BCUT2D eigenvalue weighted by molar-refractivity contribution is -0.384. The number of benzene rings is 1. The first-order valence-electron chi connectivity index (χ1n) is 4.47. The molecule has 1 aromatic carbocycles. The first-order valence-corrected chi connectivity index (χ1v) is 5.96. The smallest absolute Gasteiger partial charge is 0.271 e. The van der Waals surface area contributed by atoms with E-state index in [2.05, 4.69) is 10.0 Å². The van der Waals surface area contributed by atoms with Gasteiger partial charge in [-0.25, -0.2) is 8.42 Å². The zero-order valence-electron chi connectivity index (χ0n) is 8.30. The Kier molecular flexibility index (Phi) is 2.32. The van der Waals surface area contributed by atoms with Gasteiger partial charge in [0, 0.05) is 12.1 Å². The molecule has 2 N–H and O–H groups in total. The van der Waals surface area contributed by atoms with E-state index in [1.54, 1.807) is 6.92 Å². The number of nitrogens with one attached hydrogen (secondary N) is 2. The quantitative estimate of drug-likeness (QED) is 0.557. The number of nitro groups is 1. The molecule has 1 atom stereocenters. The number of nitrogens with zero attached hydrogens (tertiary/aromatic N) is 1. The van der Waals surface area contributed by atoms with Gasteiger partial charge >= 0.3 is 0 Å². The van der Waals surface area contributed by atoms with E-state index in [9.17, 15) is 18.5 Å². The van der Waals surface area contributed by atoms with Gasteiger partial charge in [-0.15, -0.1) is 0 Å². The fourth-order valence-electron chi connectivity index (χ4n) is 1.54. The second-order valence-corrected chi connectivity index (χ2v) is 5.11. The molecule has 16 heavy (non-hydrogen) atoms. The molecule has 1 aromatic rings. The van der Waals surface area contributed by atoms with E-state index >= 15 is 0 Å². The number of hydrogen-bond acceptors (Lipinski definition) is 5. The van der Waals surface area contributed by atoms with Crippen molar-refractivity contribution in [3.8, 4) is 0 Å². The van der Waals surface area contributed by atoms with Crippen molar-refractivity contribution in [2.24, 2.45) is 0 Å². The molecule has 0 saturated carbocycles. The van der Waals surface area contributed by atoms with Crippen LogP contribution in [0.5, 0.6) is 0 Å². The zero-order chi connectivity index (χ0) is 11.9. The second-order valence-electron chi connectivity index (χ2n) is 3.42. The summed E-state index contributed by atoms with van der Waals surface area (Å²) in [6.07, 6.45) is -0.487. The summed E-state index contributed by atoms with van der Waals surface area (Å²) >= 11 is 0. The van der Waals surface area contributed by atoms with Gasteiger partial charge in [0.15, 0.2) is 0 Å². The van der Waals surface area contributed by atoms with Gasteiger partial charge in [-0.2, -0.15) is 4.72 Å². The van der Waals surface area contributed by atoms with Crippen LogP contribution in [-0.2, 0) is 10.0 Å². The van der Waals surface area contributed by atoms with Crippen molar-refractivity contribution in [2.75, 3.05) is 5.32 Å². The fourth-order valence-corrected chi connectivity index (χ4v) is 2.84. The number of sulfonamides is 1. The summed E-state index contributed by atoms with van der Waals surface area (Å²) in [6, 6.07) is 3.59. The summed E-state index contributed by atoms with van der Waals surface area (Å²) in [5.41, 5.74) is 0.107. The Morgan fingerprint density at radius 1 is 1.44 bits per heavy atom. The van der Waals surface area contributed by atoms with Crippen molar-refractivity contribution >= 4 is 21.4 Å². The van der Waals surface area contributed by atoms with Gasteiger partial charge in [-0.3, -0.25) is 10.1 Å². The maximum atomic E-state index is 11.6. The van der Waals surface area contributed by atoms with Crippen LogP contribution in [0, 0.1) is 10.1 Å². The third-order valence-corrected chi connectivity index (χ3v) is 3.77. The normalized spacial score (nSPS) is 21.9. The molecule has 1 aliphatic heterocycles. The summed E-state index contributed by atoms with van der Waals surface area (Å²) in [7, 11) is -3.57. The molecule has 0 bridgehead atoms. The van der Waals surface area contributed by atoms with E-state index in [0.717, 1.165) is 6.07 Å². The number of anilines is 1. The molecule has 0 amide bonds. The number of non-ortho nitro benzene ring substituents is 1. The highest BCUT2D eigenvalue weighted by atomic mass is 32.2. The van der Waals surface area contributed by atoms with Gasteiger partial charge in [0.1, 0.15) is 4.90 Å². The van der Waals surface area contributed by atoms with Crippen LogP contribution in [0.15, 0.2) is 23.1 Å². The van der Waals surface area contributed by atoms with Gasteiger partial charge in [-0.05, 0) is 13.0 Å². The molecule has 7 nitrogen and oxygen atoms in total. The molecule has 1 unspecified atom stereocenters. The Hall–Kier alpha value is -1.67. The third-order valence-electron chi connectivity index (χ3n) is 2.17. The molecular weight excluding hydrogens is 234 g/mol. The summed E-state index contributed by atoms with van der Waals surface area (Å²) in [5.74, 6) is 0. The average Bonchev–Trinajstić information content (AvgIpc) is 2.14. The Bertz CT molecular complexity index is 554. The fraction of sp³-hybridized carbons (Fsp3) is 0.250. The van der Waals surface area contributed by atoms with E-state index in [-0.39, 0.29) is 16.3 Å². The van der Waals surface area contributed by atoms with E-state index in [0.29, 0.717) is 0 Å². The van der Waals surface area contributed by atoms with Crippen molar-refractivity contribution in [3.05, 3.63) is 28.3 Å². The first kappa shape index (κ1) is 10.8. The summed E-state index contributed by atoms with van der Waals surface area (Å²) in [4.78, 5) is 10.00. The maximum Gasteiger partial charge on any atom is 0.271 e. The minimum absolute atomic E-state index is 0.0243. The highest BCUT2D eigenvalue weighted by Gasteiger charge is 2.28. The molecule has 0 radical (unpaired) electrons. The molecule has 0 fully saturated rings. The van der Waals surface area contributed by atoms with Crippen LogP contribution in [0.4, 0.5) is 11.4 Å². The maximum absolute atomic E-state index is 11.6. The first-order chi connectivity index (χ1) is 7.40. The Labute approximate surface area is 91.7 Å². The highest BCUT2D eigenvalue weighted by molar-refractivity contribution is 7.89. The molecule has 0 saturated heterocycles. The van der Waals surface area contributed by atoms with Crippen molar-refractivity contribution in [3.63, 3.8) is 0 Å². The Morgan fingerprint density at radius 3 is 2.75 bits per heavy atom. The van der Waals surface area contributed by atoms with E-state index in [1.807, 2.05) is 0 Å². The molecule has 2 rings (SSSR count). The predicted octanol–water partition coefficient (Wildman–Crippen LogP) is 0.645. The zero-order valence-corrected chi connectivity index (χ0v) is 9.11. The second kappa shape index (κ2) is 3.42. The van der Waals surface area contributed by atoms with Gasteiger partial charge < -0.3 is 5.32 Å². The number of nitro benzene ring substituents is 1. The molecule has 0 aromatic heterocycles. The van der Waals surface area contributed by atoms with Crippen LogP contribution in [0.1, 0.15) is 6.92 Å². The molecule has 8 heteroatoms. The molecule has 0 spiro atoms. The van der Waals surface area contributed by atoms with Gasteiger partial charge in [-0.1, -0.05) is 0 Å². The van der Waals surface area contributed by atoms with Crippen LogP contribution in [-0.4, -0.2) is 19.5 Å². The SMILES string of the molecule is CC1Nc2cc([N+](=O)[O-])ccc2S(=O)(=O)N1. The lowest BCUT2D eigenvalue weighted by atomic mass is 10.2. The average molecular weight is 243 g/mol. The van der Waals surface area contributed by atoms with Crippen LogP contribution < -0.4 is 10.0 Å². The van der Waals surface area contributed by atoms with Crippen molar-refractivity contribution in [1.29, 1.82) is 0 Å². The summed E-state index contributed by atoms with van der Waals surface area (Å²) < 4.78 is 25.6. The minimum Gasteiger partial charge on any atom is -0.368 e. The molecular formula is C8H9N3O4S. The Morgan fingerprint density at radius 2 is 2.12 bits per heavy atom. The monoisotopic (exact) mass is 243 g/mol. The van der Waals surface area contributed by atoms with Crippen LogP contribution >= 0.6 is 0 Å². The number of fused-ring (bicyclic) bond motifs is 1.